The number of hydrogen-bond donors (Lipinski definition) is 0. The molecule has 0 bridgehead atoms. The number of nitro benzene ring substituents is 1. The third kappa shape index (κ3) is 8.32. The van der Waals surface area contributed by atoms with Crippen molar-refractivity contribution in [2.75, 3.05) is 46.2 Å². The zero-order valence-electron chi connectivity index (χ0n) is 22.2. The first-order valence-corrected chi connectivity index (χ1v) is 13.6. The van der Waals surface area contributed by atoms with Crippen molar-refractivity contribution in [2.45, 2.75) is 51.1 Å². The Morgan fingerprint density at radius 1 is 0.846 bits per heavy atom. The van der Waals surface area contributed by atoms with Gasteiger partial charge < -0.3 is 23.8 Å². The Bertz CT molecular complexity index is 1110. The van der Waals surface area contributed by atoms with Gasteiger partial charge in [-0.25, -0.2) is 0 Å². The molecule has 2 aromatic rings. The number of ether oxygens (including phenoxy) is 4. The van der Waals surface area contributed by atoms with Gasteiger partial charge >= 0.3 is 0 Å². The number of non-ortho nitro benzene ring substituents is 1. The lowest BCUT2D eigenvalue weighted by molar-refractivity contribution is -0.384. The number of benzene rings is 2. The first kappa shape index (κ1) is 28.7. The Morgan fingerprint density at radius 2 is 1.49 bits per heavy atom. The number of nitro groups is 1. The summed E-state index contributed by atoms with van der Waals surface area (Å²) >= 11 is 0. The number of nitrogens with zero attached hydrogens (tertiary/aromatic N) is 2. The predicted octanol–water partition coefficient (Wildman–Crippen LogP) is 4.12. The van der Waals surface area contributed by atoms with E-state index >= 15 is 0 Å². The first-order chi connectivity index (χ1) is 19.0. The predicted molar refractivity (Wildman–Crippen MR) is 143 cm³/mol. The maximum absolute atomic E-state index is 13.0. The van der Waals surface area contributed by atoms with Crippen LogP contribution in [0.3, 0.4) is 0 Å². The van der Waals surface area contributed by atoms with Crippen molar-refractivity contribution in [3.63, 3.8) is 0 Å². The minimum atomic E-state index is -0.450. The van der Waals surface area contributed by atoms with E-state index < -0.39 is 4.92 Å². The van der Waals surface area contributed by atoms with Gasteiger partial charge in [0.1, 0.15) is 18.1 Å². The van der Waals surface area contributed by atoms with Crippen molar-refractivity contribution in [3.05, 3.63) is 69.3 Å². The molecule has 0 saturated heterocycles. The lowest BCUT2D eigenvalue weighted by Crippen LogP contribution is -2.38. The van der Waals surface area contributed by atoms with Gasteiger partial charge in [0.05, 0.1) is 38.0 Å². The summed E-state index contributed by atoms with van der Waals surface area (Å²) in [5.41, 5.74) is 3.16. The van der Waals surface area contributed by atoms with Crippen LogP contribution in [0.4, 0.5) is 5.69 Å². The molecule has 10 nitrogen and oxygen atoms in total. The summed E-state index contributed by atoms with van der Waals surface area (Å²) in [4.78, 5) is 36.7. The van der Waals surface area contributed by atoms with Gasteiger partial charge in [0.2, 0.25) is 0 Å². The second-order valence-electron chi connectivity index (χ2n) is 9.69. The third-order valence-corrected chi connectivity index (χ3v) is 7.07. The van der Waals surface area contributed by atoms with Crippen molar-refractivity contribution < 1.29 is 33.5 Å². The second-order valence-corrected chi connectivity index (χ2v) is 9.69. The highest BCUT2D eigenvalue weighted by Gasteiger charge is 2.35. The molecule has 1 amide bonds. The standard InChI is InChI=1S/C29H36N2O8/c32-25-10-6-23(7-11-25)30-21-28-22(3-1-5-27(28)29(30)33)4-2-14-36-15-16-37-17-18-38-19-20-39-26-12-8-24(9-13-26)31(34)35/h1,3,5,8-9,12-13,23H,2,4,6-7,10-11,14-21H2. The number of Topliss-reactive ketones (excluding diaryl/α,β-unsaturated/α-hetero) is 1. The molecule has 4 rings (SSSR count). The average molecular weight is 541 g/mol. The molecule has 1 heterocycles. The van der Waals surface area contributed by atoms with E-state index in [1.807, 2.05) is 17.0 Å². The van der Waals surface area contributed by atoms with Crippen molar-refractivity contribution in [3.8, 4) is 5.75 Å². The number of aryl methyl sites for hydroxylation is 1. The van der Waals surface area contributed by atoms with Crippen LogP contribution in [0.1, 0.15) is 53.6 Å². The number of carbonyl (C=O) groups excluding carboxylic acids is 2. The number of rotatable bonds is 16. The van der Waals surface area contributed by atoms with E-state index in [9.17, 15) is 19.7 Å². The number of hydrogen-bond acceptors (Lipinski definition) is 8. The topological polar surface area (TPSA) is 117 Å². The highest BCUT2D eigenvalue weighted by molar-refractivity contribution is 5.99. The van der Waals surface area contributed by atoms with Gasteiger partial charge in [0.15, 0.2) is 0 Å². The summed E-state index contributed by atoms with van der Waals surface area (Å²) in [6, 6.07) is 12.1. The largest absolute Gasteiger partial charge is 0.491 e. The van der Waals surface area contributed by atoms with Crippen molar-refractivity contribution in [1.29, 1.82) is 0 Å². The Hall–Kier alpha value is -3.34. The van der Waals surface area contributed by atoms with E-state index in [0.717, 1.165) is 36.8 Å². The maximum atomic E-state index is 13.0. The van der Waals surface area contributed by atoms with Crippen LogP contribution >= 0.6 is 0 Å². The highest BCUT2D eigenvalue weighted by Crippen LogP contribution is 2.32. The number of ketones is 1. The Kier molecular flexibility index (Phi) is 10.8. The molecular weight excluding hydrogens is 504 g/mol. The molecule has 10 heteroatoms. The van der Waals surface area contributed by atoms with Gasteiger partial charge in [0, 0.05) is 49.7 Å². The maximum Gasteiger partial charge on any atom is 0.269 e. The molecule has 1 aliphatic heterocycles. The highest BCUT2D eigenvalue weighted by atomic mass is 16.6. The normalized spacial score (nSPS) is 15.5. The molecule has 0 aromatic heterocycles. The van der Waals surface area contributed by atoms with Gasteiger partial charge in [-0.05, 0) is 55.0 Å². The summed E-state index contributed by atoms with van der Waals surface area (Å²) in [7, 11) is 0. The fourth-order valence-electron chi connectivity index (χ4n) is 4.97. The molecule has 0 unspecified atom stereocenters. The minimum Gasteiger partial charge on any atom is -0.491 e. The molecule has 2 aromatic carbocycles. The minimum absolute atomic E-state index is 0.0269. The third-order valence-electron chi connectivity index (χ3n) is 7.07. The SMILES string of the molecule is O=C1CCC(N2Cc3c(CCCOCCOCCOCCOc4ccc([N+](=O)[O-])cc4)cccc3C2=O)CC1. The van der Waals surface area contributed by atoms with Crippen LogP contribution in [0.2, 0.25) is 0 Å². The zero-order valence-corrected chi connectivity index (χ0v) is 22.2. The molecule has 0 atom stereocenters. The van der Waals surface area contributed by atoms with Crippen LogP contribution in [0.15, 0.2) is 42.5 Å². The Labute approximate surface area is 228 Å². The van der Waals surface area contributed by atoms with Crippen LogP contribution in [0, 0.1) is 10.1 Å². The lowest BCUT2D eigenvalue weighted by Gasteiger charge is -2.30. The molecule has 1 fully saturated rings. The molecule has 0 spiro atoms. The molecule has 0 N–H and O–H groups in total. The first-order valence-electron chi connectivity index (χ1n) is 13.6. The van der Waals surface area contributed by atoms with E-state index in [4.69, 9.17) is 18.9 Å². The van der Waals surface area contributed by atoms with E-state index in [2.05, 4.69) is 6.07 Å². The van der Waals surface area contributed by atoms with Crippen LogP contribution in [0.5, 0.6) is 5.75 Å². The van der Waals surface area contributed by atoms with Gasteiger partial charge in [-0.1, -0.05) is 12.1 Å². The molecule has 39 heavy (non-hydrogen) atoms. The average Bonchev–Trinajstić information content (AvgIpc) is 3.29. The van der Waals surface area contributed by atoms with Crippen molar-refractivity contribution in [2.24, 2.45) is 0 Å². The van der Waals surface area contributed by atoms with Gasteiger partial charge in [0.25, 0.3) is 11.6 Å². The van der Waals surface area contributed by atoms with Crippen LogP contribution in [0.25, 0.3) is 0 Å². The van der Waals surface area contributed by atoms with Crippen molar-refractivity contribution in [1.82, 2.24) is 4.90 Å². The zero-order chi connectivity index (χ0) is 27.5. The summed E-state index contributed by atoms with van der Waals surface area (Å²) in [6.07, 6.45) is 4.41. The fraction of sp³-hybridized carbons (Fsp3) is 0.517. The van der Waals surface area contributed by atoms with E-state index in [-0.39, 0.29) is 17.6 Å². The molecule has 1 aliphatic carbocycles. The Morgan fingerprint density at radius 3 is 2.15 bits per heavy atom. The monoisotopic (exact) mass is 540 g/mol. The van der Waals surface area contributed by atoms with Crippen molar-refractivity contribution >= 4 is 17.4 Å². The lowest BCUT2D eigenvalue weighted by atomic mass is 9.93. The second kappa shape index (κ2) is 14.7. The van der Waals surface area contributed by atoms with Crippen LogP contribution < -0.4 is 4.74 Å². The van der Waals surface area contributed by atoms with E-state index in [1.54, 1.807) is 12.1 Å². The van der Waals surface area contributed by atoms with E-state index in [0.29, 0.717) is 77.2 Å². The molecular formula is C29H36N2O8. The summed E-state index contributed by atoms with van der Waals surface area (Å²) in [5.74, 6) is 0.960. The van der Waals surface area contributed by atoms with Crippen LogP contribution in [-0.2, 0) is 32.0 Å². The summed E-state index contributed by atoms with van der Waals surface area (Å²) < 4.78 is 22.2. The van der Waals surface area contributed by atoms with Gasteiger partial charge in [-0.3, -0.25) is 19.7 Å². The molecule has 0 radical (unpaired) electrons. The van der Waals surface area contributed by atoms with E-state index in [1.165, 1.54) is 17.7 Å². The van der Waals surface area contributed by atoms with Gasteiger partial charge in [-0.15, -0.1) is 0 Å². The summed E-state index contributed by atoms with van der Waals surface area (Å²) in [6.45, 7) is 3.88. The van der Waals surface area contributed by atoms with Crippen LogP contribution in [-0.4, -0.2) is 73.8 Å². The smallest absolute Gasteiger partial charge is 0.269 e. The number of amides is 1. The molecule has 1 saturated carbocycles. The van der Waals surface area contributed by atoms with Gasteiger partial charge in [-0.2, -0.15) is 0 Å². The summed E-state index contributed by atoms with van der Waals surface area (Å²) in [5, 5.41) is 10.6. The Balaban J connectivity index is 1.02. The molecule has 2 aliphatic rings. The number of fused-ring (bicyclic) bond motifs is 1. The molecule has 210 valence electrons. The number of carbonyl (C=O) groups is 2. The fourth-order valence-corrected chi connectivity index (χ4v) is 4.97. The quantitative estimate of drug-likeness (QED) is 0.177.